The molecule has 1 N–H and O–H groups in total. The van der Waals surface area contributed by atoms with Gasteiger partial charge in [-0.25, -0.2) is 0 Å². The molecule has 0 heterocycles. The van der Waals surface area contributed by atoms with Crippen molar-refractivity contribution in [3.63, 3.8) is 0 Å². The molecule has 6 heteroatoms. The number of carbonyl (C=O) groups is 2. The fourth-order valence-electron chi connectivity index (χ4n) is 2.09. The highest BCUT2D eigenvalue weighted by atomic mass is 35.5. The van der Waals surface area contributed by atoms with Crippen molar-refractivity contribution in [2.24, 2.45) is 5.92 Å². The lowest BCUT2D eigenvalue weighted by atomic mass is 10.1. The van der Waals surface area contributed by atoms with Crippen LogP contribution in [0.4, 0.5) is 0 Å². The molecule has 1 atom stereocenters. The molecule has 1 aromatic carbocycles. The van der Waals surface area contributed by atoms with Crippen molar-refractivity contribution in [1.29, 1.82) is 0 Å². The highest BCUT2D eigenvalue weighted by molar-refractivity contribution is 6.36. The SMILES string of the molecule is CCC(=O)N(Cc1c(Cl)cccc1Cl)[C@H](C)C(=O)NCC(C)C. The molecular formula is C17H24Cl2N2O2. The molecule has 0 saturated heterocycles. The lowest BCUT2D eigenvalue weighted by Crippen LogP contribution is -2.48. The number of hydrogen-bond donors (Lipinski definition) is 1. The maximum Gasteiger partial charge on any atom is 0.242 e. The largest absolute Gasteiger partial charge is 0.354 e. The fourth-order valence-corrected chi connectivity index (χ4v) is 2.61. The van der Waals surface area contributed by atoms with E-state index < -0.39 is 6.04 Å². The van der Waals surface area contributed by atoms with Crippen LogP contribution in [0.3, 0.4) is 0 Å². The van der Waals surface area contributed by atoms with Gasteiger partial charge in [0.2, 0.25) is 11.8 Å². The van der Waals surface area contributed by atoms with E-state index in [0.29, 0.717) is 34.5 Å². The van der Waals surface area contributed by atoms with Crippen LogP contribution in [0.1, 0.15) is 39.7 Å². The van der Waals surface area contributed by atoms with Gasteiger partial charge in [0.15, 0.2) is 0 Å². The number of benzene rings is 1. The van der Waals surface area contributed by atoms with Crippen molar-refractivity contribution in [1.82, 2.24) is 10.2 Å². The van der Waals surface area contributed by atoms with Gasteiger partial charge in [-0.2, -0.15) is 0 Å². The number of nitrogens with zero attached hydrogens (tertiary/aromatic N) is 1. The van der Waals surface area contributed by atoms with Crippen LogP contribution in [-0.2, 0) is 16.1 Å². The first-order valence-electron chi connectivity index (χ1n) is 7.78. The average molecular weight is 359 g/mol. The Hall–Kier alpha value is -1.26. The van der Waals surface area contributed by atoms with E-state index >= 15 is 0 Å². The first kappa shape index (κ1) is 19.8. The molecule has 1 rings (SSSR count). The van der Waals surface area contributed by atoms with Gasteiger partial charge in [0, 0.05) is 35.1 Å². The van der Waals surface area contributed by atoms with Gasteiger partial charge in [-0.3, -0.25) is 9.59 Å². The van der Waals surface area contributed by atoms with Crippen molar-refractivity contribution in [2.45, 2.75) is 46.7 Å². The number of hydrogen-bond acceptors (Lipinski definition) is 2. The average Bonchev–Trinajstić information content (AvgIpc) is 2.51. The number of nitrogens with one attached hydrogen (secondary N) is 1. The van der Waals surface area contributed by atoms with Crippen LogP contribution < -0.4 is 5.32 Å². The second-order valence-corrected chi connectivity index (χ2v) is 6.70. The third-order valence-corrected chi connectivity index (χ3v) is 4.25. The summed E-state index contributed by atoms with van der Waals surface area (Å²) in [5, 5.41) is 3.83. The van der Waals surface area contributed by atoms with E-state index in [2.05, 4.69) is 5.32 Å². The first-order valence-corrected chi connectivity index (χ1v) is 8.53. The van der Waals surface area contributed by atoms with E-state index in [-0.39, 0.29) is 18.4 Å². The van der Waals surface area contributed by atoms with E-state index in [9.17, 15) is 9.59 Å². The molecule has 0 aliphatic heterocycles. The zero-order valence-corrected chi connectivity index (χ0v) is 15.5. The summed E-state index contributed by atoms with van der Waals surface area (Å²) in [6, 6.07) is 4.61. The molecule has 23 heavy (non-hydrogen) atoms. The topological polar surface area (TPSA) is 49.4 Å². The third-order valence-electron chi connectivity index (χ3n) is 3.54. The van der Waals surface area contributed by atoms with Gasteiger partial charge in [0.1, 0.15) is 6.04 Å². The van der Waals surface area contributed by atoms with Gasteiger partial charge in [-0.15, -0.1) is 0 Å². The summed E-state index contributed by atoms with van der Waals surface area (Å²) >= 11 is 12.4. The number of amides is 2. The van der Waals surface area contributed by atoms with Crippen LogP contribution >= 0.6 is 23.2 Å². The van der Waals surface area contributed by atoms with E-state index in [0.717, 1.165) is 0 Å². The maximum atomic E-state index is 12.3. The Kier molecular flexibility index (Phi) is 7.86. The second kappa shape index (κ2) is 9.14. The Morgan fingerprint density at radius 3 is 2.22 bits per heavy atom. The van der Waals surface area contributed by atoms with Crippen LogP contribution in [0, 0.1) is 5.92 Å². The van der Waals surface area contributed by atoms with Crippen molar-refractivity contribution >= 4 is 35.0 Å². The van der Waals surface area contributed by atoms with Crippen molar-refractivity contribution in [3.05, 3.63) is 33.8 Å². The molecule has 0 aromatic heterocycles. The third kappa shape index (κ3) is 5.70. The zero-order chi connectivity index (χ0) is 17.6. The highest BCUT2D eigenvalue weighted by Crippen LogP contribution is 2.26. The van der Waals surface area contributed by atoms with Gasteiger partial charge in [0.05, 0.1) is 0 Å². The van der Waals surface area contributed by atoms with Crippen molar-refractivity contribution in [2.75, 3.05) is 6.54 Å². The summed E-state index contributed by atoms with van der Waals surface area (Å²) in [4.78, 5) is 26.1. The summed E-state index contributed by atoms with van der Waals surface area (Å²) in [6.07, 6.45) is 0.309. The second-order valence-electron chi connectivity index (χ2n) is 5.89. The quantitative estimate of drug-likeness (QED) is 0.803. The molecule has 0 aliphatic rings. The van der Waals surface area contributed by atoms with Gasteiger partial charge < -0.3 is 10.2 Å². The van der Waals surface area contributed by atoms with E-state index in [1.807, 2.05) is 13.8 Å². The molecule has 0 fully saturated rings. The molecule has 0 bridgehead atoms. The van der Waals surface area contributed by atoms with Crippen LogP contribution in [-0.4, -0.2) is 29.3 Å². The monoisotopic (exact) mass is 358 g/mol. The van der Waals surface area contributed by atoms with Gasteiger partial charge in [0.25, 0.3) is 0 Å². The smallest absolute Gasteiger partial charge is 0.242 e. The predicted octanol–water partition coefficient (Wildman–Crippen LogP) is 3.89. The van der Waals surface area contributed by atoms with E-state index in [4.69, 9.17) is 23.2 Å². The minimum Gasteiger partial charge on any atom is -0.354 e. The maximum absolute atomic E-state index is 12.3. The summed E-state index contributed by atoms with van der Waals surface area (Å²) in [5.41, 5.74) is 0.654. The van der Waals surface area contributed by atoms with Gasteiger partial charge in [-0.05, 0) is 25.0 Å². The summed E-state index contributed by atoms with van der Waals surface area (Å²) < 4.78 is 0. The predicted molar refractivity (Wildman–Crippen MR) is 94.6 cm³/mol. The molecule has 128 valence electrons. The minimum atomic E-state index is -0.589. The molecule has 1 aromatic rings. The zero-order valence-electron chi connectivity index (χ0n) is 14.0. The molecule has 0 unspecified atom stereocenters. The van der Waals surface area contributed by atoms with Crippen molar-refractivity contribution < 1.29 is 9.59 Å². The molecule has 0 radical (unpaired) electrons. The molecule has 4 nitrogen and oxygen atoms in total. The molecule has 0 aliphatic carbocycles. The van der Waals surface area contributed by atoms with E-state index in [1.54, 1.807) is 32.0 Å². The Labute approximate surface area is 148 Å². The normalized spacial score (nSPS) is 12.1. The minimum absolute atomic E-state index is 0.117. The number of carbonyl (C=O) groups excluding carboxylic acids is 2. The summed E-state index contributed by atoms with van der Waals surface area (Å²) in [5.74, 6) is 0.0522. The van der Waals surface area contributed by atoms with Crippen molar-refractivity contribution in [3.8, 4) is 0 Å². The Morgan fingerprint density at radius 1 is 1.17 bits per heavy atom. The Morgan fingerprint density at radius 2 is 1.74 bits per heavy atom. The van der Waals surface area contributed by atoms with E-state index in [1.165, 1.54) is 4.90 Å². The lowest BCUT2D eigenvalue weighted by Gasteiger charge is -2.29. The fraction of sp³-hybridized carbons (Fsp3) is 0.529. The van der Waals surface area contributed by atoms with Crippen LogP contribution in [0.15, 0.2) is 18.2 Å². The summed E-state index contributed by atoms with van der Waals surface area (Å²) in [6.45, 7) is 8.30. The van der Waals surface area contributed by atoms with Gasteiger partial charge in [-0.1, -0.05) is 50.0 Å². The van der Waals surface area contributed by atoms with Crippen LogP contribution in [0.25, 0.3) is 0 Å². The Balaban J connectivity index is 2.96. The Bertz CT molecular complexity index is 541. The molecule has 0 saturated carbocycles. The highest BCUT2D eigenvalue weighted by Gasteiger charge is 2.26. The lowest BCUT2D eigenvalue weighted by molar-refractivity contribution is -0.140. The first-order chi connectivity index (χ1) is 10.8. The summed E-state index contributed by atoms with van der Waals surface area (Å²) in [7, 11) is 0. The molecular weight excluding hydrogens is 335 g/mol. The molecule has 0 spiro atoms. The molecule has 2 amide bonds. The van der Waals surface area contributed by atoms with Crippen LogP contribution in [0.5, 0.6) is 0 Å². The number of halogens is 2. The standard InChI is InChI=1S/C17H24Cl2N2O2/c1-5-16(22)21(12(4)17(23)20-9-11(2)3)10-13-14(18)7-6-8-15(13)19/h6-8,11-12H,5,9-10H2,1-4H3,(H,20,23)/t12-/m1/s1. The number of rotatable bonds is 7. The van der Waals surface area contributed by atoms with Gasteiger partial charge >= 0.3 is 0 Å². The van der Waals surface area contributed by atoms with Crippen LogP contribution in [0.2, 0.25) is 10.0 Å².